The lowest BCUT2D eigenvalue weighted by molar-refractivity contribution is 0.401. The van der Waals surface area contributed by atoms with Crippen LogP contribution in [0.15, 0.2) is 34.9 Å². The molecule has 1 heterocycles. The predicted molar refractivity (Wildman–Crippen MR) is 77.0 cm³/mol. The Balaban J connectivity index is 2.33. The molecule has 1 N–H and O–H groups in total. The Bertz CT molecular complexity index is 503. The van der Waals surface area contributed by atoms with E-state index in [1.54, 1.807) is 6.26 Å². The van der Waals surface area contributed by atoms with E-state index < -0.39 is 0 Å². The average Bonchev–Trinajstić information content (AvgIpc) is 2.84. The maximum atomic E-state index is 5.41. The summed E-state index contributed by atoms with van der Waals surface area (Å²) >= 11 is 0. The van der Waals surface area contributed by atoms with Crippen LogP contribution in [-0.4, -0.2) is 13.6 Å². The highest BCUT2D eigenvalue weighted by atomic mass is 16.3. The molecule has 2 heteroatoms. The van der Waals surface area contributed by atoms with Crippen molar-refractivity contribution in [1.29, 1.82) is 0 Å². The SMILES string of the molecule is CCCCC(C)(CNC)c1ccc2occc2c1. The minimum absolute atomic E-state index is 0.205. The van der Waals surface area contributed by atoms with Crippen molar-refractivity contribution in [3.05, 3.63) is 36.1 Å². The zero-order valence-electron chi connectivity index (χ0n) is 11.6. The third-order valence-electron chi connectivity index (χ3n) is 3.80. The number of unbranched alkanes of at least 4 members (excludes halogenated alkanes) is 1. The molecule has 0 aliphatic rings. The lowest BCUT2D eigenvalue weighted by Crippen LogP contribution is -2.33. The molecule has 1 aromatic carbocycles. The fourth-order valence-electron chi connectivity index (χ4n) is 2.63. The summed E-state index contributed by atoms with van der Waals surface area (Å²) in [5.74, 6) is 0. The average molecular weight is 245 g/mol. The van der Waals surface area contributed by atoms with Crippen LogP contribution < -0.4 is 5.32 Å². The number of hydrogen-bond acceptors (Lipinski definition) is 2. The van der Waals surface area contributed by atoms with Gasteiger partial charge in [0.1, 0.15) is 5.58 Å². The van der Waals surface area contributed by atoms with Gasteiger partial charge in [0.15, 0.2) is 0 Å². The molecule has 1 aromatic heterocycles. The topological polar surface area (TPSA) is 25.2 Å². The number of benzene rings is 1. The number of fused-ring (bicyclic) bond motifs is 1. The van der Waals surface area contributed by atoms with E-state index in [0.29, 0.717) is 0 Å². The standard InChI is InChI=1S/C16H23NO/c1-4-5-9-16(2,12-17-3)14-6-7-15-13(11-14)8-10-18-15/h6-8,10-11,17H,4-5,9,12H2,1-3H3. The van der Waals surface area contributed by atoms with E-state index in [0.717, 1.165) is 12.1 Å². The van der Waals surface area contributed by atoms with Crippen molar-refractivity contribution in [2.24, 2.45) is 0 Å². The molecular formula is C16H23NO. The molecule has 0 radical (unpaired) electrons. The van der Waals surface area contributed by atoms with Crippen LogP contribution in [0.25, 0.3) is 11.0 Å². The molecule has 2 nitrogen and oxygen atoms in total. The van der Waals surface area contributed by atoms with Crippen LogP contribution in [0.1, 0.15) is 38.7 Å². The largest absolute Gasteiger partial charge is 0.464 e. The normalized spacial score (nSPS) is 14.8. The van der Waals surface area contributed by atoms with Crippen LogP contribution in [-0.2, 0) is 5.41 Å². The van der Waals surface area contributed by atoms with Crippen molar-refractivity contribution in [3.63, 3.8) is 0 Å². The third-order valence-corrected chi connectivity index (χ3v) is 3.80. The van der Waals surface area contributed by atoms with Crippen molar-refractivity contribution in [3.8, 4) is 0 Å². The van der Waals surface area contributed by atoms with Gasteiger partial charge in [-0.1, -0.05) is 32.8 Å². The van der Waals surface area contributed by atoms with Gasteiger partial charge in [-0.15, -0.1) is 0 Å². The first-order valence-electron chi connectivity index (χ1n) is 6.82. The summed E-state index contributed by atoms with van der Waals surface area (Å²) < 4.78 is 5.41. The second kappa shape index (κ2) is 5.57. The van der Waals surface area contributed by atoms with E-state index in [1.807, 2.05) is 13.1 Å². The highest BCUT2D eigenvalue weighted by Gasteiger charge is 2.25. The fraction of sp³-hybridized carbons (Fsp3) is 0.500. The summed E-state index contributed by atoms with van der Waals surface area (Å²) in [4.78, 5) is 0. The molecule has 98 valence electrons. The number of hydrogen-bond donors (Lipinski definition) is 1. The van der Waals surface area contributed by atoms with Gasteiger partial charge in [0.2, 0.25) is 0 Å². The third kappa shape index (κ3) is 2.59. The molecule has 0 aliphatic carbocycles. The molecule has 1 unspecified atom stereocenters. The Morgan fingerprint density at radius 3 is 2.83 bits per heavy atom. The minimum Gasteiger partial charge on any atom is -0.464 e. The van der Waals surface area contributed by atoms with Crippen LogP contribution in [0.3, 0.4) is 0 Å². The van der Waals surface area contributed by atoms with Gasteiger partial charge < -0.3 is 9.73 Å². The molecule has 2 rings (SSSR count). The predicted octanol–water partition coefficient (Wildman–Crippen LogP) is 4.10. The van der Waals surface area contributed by atoms with Gasteiger partial charge in [-0.05, 0) is 37.2 Å². The Hall–Kier alpha value is -1.28. The monoisotopic (exact) mass is 245 g/mol. The smallest absolute Gasteiger partial charge is 0.133 e. The summed E-state index contributed by atoms with van der Waals surface area (Å²) in [6, 6.07) is 8.60. The molecular weight excluding hydrogens is 222 g/mol. The quantitative estimate of drug-likeness (QED) is 0.829. The molecule has 0 saturated carbocycles. The molecule has 18 heavy (non-hydrogen) atoms. The highest BCUT2D eigenvalue weighted by molar-refractivity contribution is 5.78. The second-order valence-corrected chi connectivity index (χ2v) is 5.37. The van der Waals surface area contributed by atoms with E-state index in [-0.39, 0.29) is 5.41 Å². The molecule has 0 aliphatic heterocycles. The summed E-state index contributed by atoms with van der Waals surface area (Å²) in [7, 11) is 2.03. The number of nitrogens with one attached hydrogen (secondary N) is 1. The zero-order valence-corrected chi connectivity index (χ0v) is 11.6. The van der Waals surface area contributed by atoms with Crippen LogP contribution >= 0.6 is 0 Å². The van der Waals surface area contributed by atoms with Gasteiger partial charge in [0.05, 0.1) is 6.26 Å². The summed E-state index contributed by atoms with van der Waals surface area (Å²) in [6.07, 6.45) is 5.48. The summed E-state index contributed by atoms with van der Waals surface area (Å²) in [5, 5.41) is 4.53. The van der Waals surface area contributed by atoms with Gasteiger partial charge >= 0.3 is 0 Å². The Morgan fingerprint density at radius 2 is 2.11 bits per heavy atom. The first-order valence-corrected chi connectivity index (χ1v) is 6.82. The molecule has 0 fully saturated rings. The van der Waals surface area contributed by atoms with Crippen molar-refractivity contribution in [2.45, 2.75) is 38.5 Å². The van der Waals surface area contributed by atoms with Crippen LogP contribution in [0, 0.1) is 0 Å². The van der Waals surface area contributed by atoms with Crippen LogP contribution in [0.5, 0.6) is 0 Å². The molecule has 1 atom stereocenters. The fourth-order valence-corrected chi connectivity index (χ4v) is 2.63. The number of furan rings is 1. The molecule has 0 amide bonds. The second-order valence-electron chi connectivity index (χ2n) is 5.37. The Morgan fingerprint density at radius 1 is 1.28 bits per heavy atom. The van der Waals surface area contributed by atoms with Crippen molar-refractivity contribution < 1.29 is 4.42 Å². The highest BCUT2D eigenvalue weighted by Crippen LogP contribution is 2.31. The summed E-state index contributed by atoms with van der Waals surface area (Å²) in [5.41, 5.74) is 2.58. The lowest BCUT2D eigenvalue weighted by atomic mass is 9.78. The molecule has 0 spiro atoms. The van der Waals surface area contributed by atoms with Crippen molar-refractivity contribution in [1.82, 2.24) is 5.32 Å². The van der Waals surface area contributed by atoms with Gasteiger partial charge in [-0.25, -0.2) is 0 Å². The van der Waals surface area contributed by atoms with Crippen molar-refractivity contribution >= 4 is 11.0 Å². The first-order chi connectivity index (χ1) is 8.69. The van der Waals surface area contributed by atoms with Gasteiger partial charge in [-0.3, -0.25) is 0 Å². The number of likely N-dealkylation sites (N-methyl/N-ethyl adjacent to an activating group) is 1. The van der Waals surface area contributed by atoms with E-state index >= 15 is 0 Å². The molecule has 0 saturated heterocycles. The van der Waals surface area contributed by atoms with Gasteiger partial charge in [-0.2, -0.15) is 0 Å². The minimum atomic E-state index is 0.205. The van der Waals surface area contributed by atoms with E-state index in [1.165, 1.54) is 30.2 Å². The maximum Gasteiger partial charge on any atom is 0.133 e. The lowest BCUT2D eigenvalue weighted by Gasteiger charge is -2.30. The van der Waals surface area contributed by atoms with Crippen LogP contribution in [0.2, 0.25) is 0 Å². The van der Waals surface area contributed by atoms with Gasteiger partial charge in [0, 0.05) is 17.3 Å². The van der Waals surface area contributed by atoms with E-state index in [9.17, 15) is 0 Å². The van der Waals surface area contributed by atoms with Gasteiger partial charge in [0.25, 0.3) is 0 Å². The molecule has 2 aromatic rings. The Labute approximate surface area is 109 Å². The van der Waals surface area contributed by atoms with Crippen LogP contribution in [0.4, 0.5) is 0 Å². The Kier molecular flexibility index (Phi) is 4.07. The zero-order chi connectivity index (χ0) is 13.0. The molecule has 0 bridgehead atoms. The van der Waals surface area contributed by atoms with E-state index in [4.69, 9.17) is 4.42 Å². The summed E-state index contributed by atoms with van der Waals surface area (Å²) in [6.45, 7) is 5.61. The maximum absolute atomic E-state index is 5.41. The van der Waals surface area contributed by atoms with Crippen molar-refractivity contribution in [2.75, 3.05) is 13.6 Å². The first kappa shape index (κ1) is 13.2. The number of rotatable bonds is 6. The van der Waals surface area contributed by atoms with E-state index in [2.05, 4.69) is 37.4 Å².